The summed E-state index contributed by atoms with van der Waals surface area (Å²) in [5.41, 5.74) is -0.0213. The molecule has 0 radical (unpaired) electrons. The fourth-order valence-corrected chi connectivity index (χ4v) is 2.43. The Morgan fingerprint density at radius 2 is 2.15 bits per heavy atom. The average molecular weight is 186 g/mol. The molecule has 0 spiro atoms. The largest absolute Gasteiger partial charge is 0.481 e. The van der Waals surface area contributed by atoms with Crippen LogP contribution in [0.3, 0.4) is 0 Å². The fraction of sp³-hybridized carbons (Fsp3) is 0.900. The molecule has 0 unspecified atom stereocenters. The van der Waals surface area contributed by atoms with E-state index in [4.69, 9.17) is 5.11 Å². The van der Waals surface area contributed by atoms with Gasteiger partial charge in [-0.15, -0.1) is 0 Å². The first-order chi connectivity index (χ1) is 5.85. The summed E-state index contributed by atoms with van der Waals surface area (Å²) < 4.78 is 0. The normalized spacial score (nSPS) is 33.5. The number of hydrogen-bond donors (Lipinski definition) is 2. The summed E-state index contributed by atoms with van der Waals surface area (Å²) in [5.74, 6) is -0.247. The molecule has 76 valence electrons. The summed E-state index contributed by atoms with van der Waals surface area (Å²) in [4.78, 5) is 10.5. The van der Waals surface area contributed by atoms with Gasteiger partial charge in [0.2, 0.25) is 0 Å². The molecule has 3 nitrogen and oxygen atoms in total. The zero-order valence-electron chi connectivity index (χ0n) is 8.45. The zero-order valence-corrected chi connectivity index (χ0v) is 8.45. The monoisotopic (exact) mass is 186 g/mol. The first-order valence-electron chi connectivity index (χ1n) is 4.75. The second-order valence-corrected chi connectivity index (χ2v) is 4.70. The number of carboxylic acid groups (broad SMARTS) is 1. The summed E-state index contributed by atoms with van der Waals surface area (Å²) in [6, 6.07) is 0. The highest BCUT2D eigenvalue weighted by Crippen LogP contribution is 2.54. The van der Waals surface area contributed by atoms with Crippen molar-refractivity contribution < 1.29 is 15.0 Å². The first-order valence-corrected chi connectivity index (χ1v) is 4.75. The predicted molar refractivity (Wildman–Crippen MR) is 49.3 cm³/mol. The van der Waals surface area contributed by atoms with Crippen LogP contribution in [0.15, 0.2) is 0 Å². The van der Waals surface area contributed by atoms with Crippen molar-refractivity contribution in [3.05, 3.63) is 0 Å². The lowest BCUT2D eigenvalue weighted by Gasteiger charge is -2.53. The van der Waals surface area contributed by atoms with Crippen molar-refractivity contribution in [3.63, 3.8) is 0 Å². The number of carbonyl (C=O) groups is 1. The molecule has 1 fully saturated rings. The van der Waals surface area contributed by atoms with Crippen molar-refractivity contribution in [1.82, 2.24) is 0 Å². The molecule has 1 aliphatic carbocycles. The Labute approximate surface area is 78.8 Å². The molecule has 0 saturated heterocycles. The van der Waals surface area contributed by atoms with E-state index in [0.29, 0.717) is 0 Å². The Kier molecular flexibility index (Phi) is 2.66. The van der Waals surface area contributed by atoms with E-state index in [9.17, 15) is 9.90 Å². The van der Waals surface area contributed by atoms with Crippen LogP contribution in [0, 0.1) is 17.3 Å². The minimum Gasteiger partial charge on any atom is -0.481 e. The summed E-state index contributed by atoms with van der Waals surface area (Å²) in [6.45, 7) is 5.87. The van der Waals surface area contributed by atoms with Crippen LogP contribution in [-0.2, 0) is 4.79 Å². The molecule has 0 aromatic rings. The summed E-state index contributed by atoms with van der Waals surface area (Å²) in [7, 11) is 0. The molecule has 1 aliphatic rings. The molecule has 1 rings (SSSR count). The van der Waals surface area contributed by atoms with E-state index in [1.54, 1.807) is 6.92 Å². The number of aliphatic carboxylic acids is 1. The zero-order chi connectivity index (χ0) is 10.2. The van der Waals surface area contributed by atoms with Crippen LogP contribution in [0.4, 0.5) is 0 Å². The van der Waals surface area contributed by atoms with Gasteiger partial charge in [-0.1, -0.05) is 13.8 Å². The minimum atomic E-state index is -0.734. The van der Waals surface area contributed by atoms with Gasteiger partial charge in [-0.3, -0.25) is 4.79 Å². The van der Waals surface area contributed by atoms with Crippen molar-refractivity contribution in [1.29, 1.82) is 0 Å². The van der Waals surface area contributed by atoms with Gasteiger partial charge in [0.1, 0.15) is 0 Å². The van der Waals surface area contributed by atoms with Crippen molar-refractivity contribution in [2.24, 2.45) is 17.3 Å². The molecule has 3 atom stereocenters. The van der Waals surface area contributed by atoms with E-state index in [1.807, 2.05) is 13.8 Å². The average Bonchev–Trinajstić information content (AvgIpc) is 1.96. The Bertz CT molecular complexity index is 208. The van der Waals surface area contributed by atoms with E-state index >= 15 is 0 Å². The van der Waals surface area contributed by atoms with Crippen LogP contribution < -0.4 is 0 Å². The summed E-state index contributed by atoms with van der Waals surface area (Å²) in [6.07, 6.45) is 0.757. The molecule has 2 N–H and O–H groups in total. The highest BCUT2D eigenvalue weighted by molar-refractivity contribution is 5.67. The van der Waals surface area contributed by atoms with Gasteiger partial charge < -0.3 is 10.2 Å². The van der Waals surface area contributed by atoms with Crippen LogP contribution in [0.1, 0.15) is 33.6 Å². The van der Waals surface area contributed by atoms with Crippen LogP contribution in [0.2, 0.25) is 0 Å². The molecular formula is C10H18O3. The topological polar surface area (TPSA) is 57.5 Å². The molecule has 0 bridgehead atoms. The molecule has 0 amide bonds. The van der Waals surface area contributed by atoms with Gasteiger partial charge in [0.15, 0.2) is 0 Å². The maximum Gasteiger partial charge on any atom is 0.303 e. The van der Waals surface area contributed by atoms with Gasteiger partial charge in [0.05, 0.1) is 6.10 Å². The van der Waals surface area contributed by atoms with Crippen LogP contribution in [0.5, 0.6) is 0 Å². The maximum absolute atomic E-state index is 10.5. The standard InChI is InChI=1S/C10H18O3/c1-6(11)8-4-7(5-9(12)13)10(8,2)3/h6-8,11H,4-5H2,1-3H3,(H,12,13)/t6-,7-,8-/m0/s1. The molecule has 3 heteroatoms. The number of hydrogen-bond acceptors (Lipinski definition) is 2. The molecule has 0 aromatic heterocycles. The number of aliphatic hydroxyl groups excluding tert-OH is 1. The van der Waals surface area contributed by atoms with E-state index in [0.717, 1.165) is 6.42 Å². The lowest BCUT2D eigenvalue weighted by Crippen LogP contribution is -2.50. The second-order valence-electron chi connectivity index (χ2n) is 4.70. The molecule has 1 saturated carbocycles. The Hall–Kier alpha value is -0.570. The van der Waals surface area contributed by atoms with E-state index < -0.39 is 5.97 Å². The van der Waals surface area contributed by atoms with E-state index in [-0.39, 0.29) is 29.8 Å². The van der Waals surface area contributed by atoms with Gasteiger partial charge in [0, 0.05) is 6.42 Å². The first kappa shape index (κ1) is 10.5. The minimum absolute atomic E-state index is 0.0213. The van der Waals surface area contributed by atoms with Crippen molar-refractivity contribution in [3.8, 4) is 0 Å². The Balaban J connectivity index is 2.54. The lowest BCUT2D eigenvalue weighted by molar-refractivity contribution is -0.147. The van der Waals surface area contributed by atoms with Gasteiger partial charge >= 0.3 is 5.97 Å². The third kappa shape index (κ3) is 1.85. The Morgan fingerprint density at radius 1 is 1.62 bits per heavy atom. The quantitative estimate of drug-likeness (QED) is 0.702. The van der Waals surface area contributed by atoms with Crippen LogP contribution >= 0.6 is 0 Å². The molecule has 0 heterocycles. The van der Waals surface area contributed by atoms with Gasteiger partial charge in [-0.05, 0) is 30.6 Å². The van der Waals surface area contributed by atoms with E-state index in [2.05, 4.69) is 0 Å². The van der Waals surface area contributed by atoms with Gasteiger partial charge in [-0.2, -0.15) is 0 Å². The number of rotatable bonds is 3. The van der Waals surface area contributed by atoms with E-state index in [1.165, 1.54) is 0 Å². The number of carboxylic acids is 1. The summed E-state index contributed by atoms with van der Waals surface area (Å²) in [5, 5.41) is 18.1. The molecule has 13 heavy (non-hydrogen) atoms. The molecule has 0 aromatic carbocycles. The van der Waals surface area contributed by atoms with Crippen LogP contribution in [-0.4, -0.2) is 22.3 Å². The smallest absolute Gasteiger partial charge is 0.303 e. The molecule has 0 aliphatic heterocycles. The highest BCUT2D eigenvalue weighted by atomic mass is 16.4. The predicted octanol–water partition coefficient (Wildman–Crippen LogP) is 1.50. The Morgan fingerprint density at radius 3 is 2.46 bits per heavy atom. The second kappa shape index (κ2) is 3.29. The highest BCUT2D eigenvalue weighted by Gasteiger charge is 2.50. The van der Waals surface area contributed by atoms with Crippen LogP contribution in [0.25, 0.3) is 0 Å². The van der Waals surface area contributed by atoms with Crippen molar-refractivity contribution in [2.45, 2.75) is 39.7 Å². The molecular weight excluding hydrogens is 168 g/mol. The SMILES string of the molecule is C[C@H](O)[C@@H]1C[C@@H](CC(=O)O)C1(C)C. The fourth-order valence-electron chi connectivity index (χ4n) is 2.43. The van der Waals surface area contributed by atoms with Gasteiger partial charge in [0.25, 0.3) is 0 Å². The third-order valence-electron chi connectivity index (χ3n) is 3.55. The maximum atomic E-state index is 10.5. The lowest BCUT2D eigenvalue weighted by atomic mass is 9.52. The van der Waals surface area contributed by atoms with Crippen molar-refractivity contribution >= 4 is 5.97 Å². The summed E-state index contributed by atoms with van der Waals surface area (Å²) >= 11 is 0. The van der Waals surface area contributed by atoms with Gasteiger partial charge in [-0.25, -0.2) is 0 Å². The third-order valence-corrected chi connectivity index (χ3v) is 3.55. The number of aliphatic hydroxyl groups is 1. The van der Waals surface area contributed by atoms with Crippen molar-refractivity contribution in [2.75, 3.05) is 0 Å².